The maximum atomic E-state index is 13.8. The predicted octanol–water partition coefficient (Wildman–Crippen LogP) is 4.83. The second-order valence-corrected chi connectivity index (χ2v) is 8.44. The number of aryl methyl sites for hydroxylation is 1. The largest absolute Gasteiger partial charge is 0.385 e. The topological polar surface area (TPSA) is 40.1 Å². The third-order valence-corrected chi connectivity index (χ3v) is 6.23. The molecule has 2 aromatic rings. The van der Waals surface area contributed by atoms with Gasteiger partial charge < -0.3 is 15.0 Å². The van der Waals surface area contributed by atoms with Crippen molar-refractivity contribution in [3.63, 3.8) is 0 Å². The fraction of sp³-hybridized carbons (Fsp3) is 0.450. The van der Waals surface area contributed by atoms with Gasteiger partial charge in [-0.2, -0.15) is 0 Å². The molecule has 4 rings (SSSR count). The van der Waals surface area contributed by atoms with Gasteiger partial charge in [-0.15, -0.1) is 36.2 Å². The summed E-state index contributed by atoms with van der Waals surface area (Å²) < 4.78 is 19.1. The van der Waals surface area contributed by atoms with E-state index >= 15 is 0 Å². The maximum absolute atomic E-state index is 13.8. The number of likely N-dealkylation sites (N-methyl/N-ethyl adjacent to an activating group) is 1. The summed E-state index contributed by atoms with van der Waals surface area (Å²) in [5.74, 6) is 0.719. The summed E-state index contributed by atoms with van der Waals surface area (Å²) in [6, 6.07) is 7.34. The average Bonchev–Trinajstić information content (AvgIpc) is 2.93. The number of amidine groups is 1. The van der Waals surface area contributed by atoms with Crippen molar-refractivity contribution in [2.45, 2.75) is 19.4 Å². The van der Waals surface area contributed by atoms with Crippen molar-refractivity contribution in [3.05, 3.63) is 40.5 Å². The summed E-state index contributed by atoms with van der Waals surface area (Å²) in [5, 5.41) is 4.43. The first-order chi connectivity index (χ1) is 13.0. The number of nitrogens with one attached hydrogen (secondary N) is 1. The van der Waals surface area contributed by atoms with Gasteiger partial charge in [0.05, 0.1) is 16.9 Å². The lowest BCUT2D eigenvalue weighted by atomic mass is 10.1. The zero-order chi connectivity index (χ0) is 19.0. The van der Waals surface area contributed by atoms with Crippen LogP contribution in [0.25, 0.3) is 0 Å². The van der Waals surface area contributed by atoms with E-state index in [9.17, 15) is 4.39 Å². The van der Waals surface area contributed by atoms with Crippen LogP contribution in [-0.2, 0) is 4.74 Å². The van der Waals surface area contributed by atoms with E-state index in [1.165, 1.54) is 17.0 Å². The van der Waals surface area contributed by atoms with E-state index in [2.05, 4.69) is 35.2 Å². The normalized spacial score (nSPS) is 18.4. The zero-order valence-electron chi connectivity index (χ0n) is 16.8. The van der Waals surface area contributed by atoms with Crippen molar-refractivity contribution in [1.29, 1.82) is 0 Å². The van der Waals surface area contributed by atoms with Gasteiger partial charge >= 0.3 is 0 Å². The number of ether oxygens (including phenoxy) is 1. The highest BCUT2D eigenvalue weighted by atomic mass is 35.5. The van der Waals surface area contributed by atoms with Crippen LogP contribution in [0.15, 0.2) is 29.3 Å². The molecular formula is C20H27Cl2FN4OS. The lowest BCUT2D eigenvalue weighted by Crippen LogP contribution is -2.53. The number of aliphatic imine (C=N–C) groups is 1. The number of hydrogen-bond donors (Lipinski definition) is 1. The quantitative estimate of drug-likeness (QED) is 0.711. The predicted molar refractivity (Wildman–Crippen MR) is 124 cm³/mol. The molecule has 1 atom stereocenters. The van der Waals surface area contributed by atoms with Crippen LogP contribution in [0, 0.1) is 12.7 Å². The fourth-order valence-corrected chi connectivity index (χ4v) is 4.64. The number of hydrogen-bond acceptors (Lipinski definition) is 6. The summed E-state index contributed by atoms with van der Waals surface area (Å²) >= 11 is 1.68. The second-order valence-electron chi connectivity index (χ2n) is 7.18. The van der Waals surface area contributed by atoms with E-state index in [4.69, 9.17) is 9.73 Å². The molecular weight excluding hydrogens is 434 g/mol. The van der Waals surface area contributed by atoms with E-state index in [1.54, 1.807) is 24.5 Å². The first-order valence-corrected chi connectivity index (χ1v) is 10.1. The van der Waals surface area contributed by atoms with E-state index in [0.717, 1.165) is 60.4 Å². The summed E-state index contributed by atoms with van der Waals surface area (Å²) in [7, 11) is 3.92. The van der Waals surface area contributed by atoms with Gasteiger partial charge in [0.1, 0.15) is 16.7 Å². The van der Waals surface area contributed by atoms with Crippen LogP contribution >= 0.6 is 36.2 Å². The molecule has 29 heavy (non-hydrogen) atoms. The highest BCUT2D eigenvalue weighted by Crippen LogP contribution is 2.39. The molecule has 0 saturated carbocycles. The molecule has 160 valence electrons. The Morgan fingerprint density at radius 2 is 2.07 bits per heavy atom. The van der Waals surface area contributed by atoms with Crippen LogP contribution < -0.4 is 5.32 Å². The van der Waals surface area contributed by atoms with E-state index in [0.29, 0.717) is 6.04 Å². The van der Waals surface area contributed by atoms with Crippen molar-refractivity contribution < 1.29 is 9.13 Å². The van der Waals surface area contributed by atoms with Crippen molar-refractivity contribution in [2.24, 2.45) is 4.99 Å². The Morgan fingerprint density at radius 3 is 2.83 bits per heavy atom. The minimum Gasteiger partial charge on any atom is -0.385 e. The van der Waals surface area contributed by atoms with Crippen LogP contribution in [-0.4, -0.2) is 62.1 Å². The summed E-state index contributed by atoms with van der Waals surface area (Å²) in [6.07, 6.45) is 0.992. The molecule has 0 unspecified atom stereocenters. The number of rotatable bonds is 3. The molecule has 0 spiro atoms. The standard InChI is InChI=1S/C20H25FN4OS.2ClH/c1-13-10-16-19(25-8-7-24(2)15(12-25)6-9-26-3)22-17-5-4-14(21)11-18(17)23-20(16)27-13;;/h4-5,10-11,15,23H,6-9,12H2,1-3H3;2*1H/t15-;;/m0../s1. The van der Waals surface area contributed by atoms with Crippen molar-refractivity contribution in [2.75, 3.05) is 45.7 Å². The SMILES string of the molecule is COCC[C@H]1CN(C2=Nc3ccc(F)cc3Nc3sc(C)cc32)CCN1C.Cl.Cl. The number of fused-ring (bicyclic) bond motifs is 2. The number of anilines is 2. The first kappa shape index (κ1) is 23.9. The molecule has 2 aliphatic rings. The average molecular weight is 461 g/mol. The molecule has 0 amide bonds. The number of thiophene rings is 1. The Balaban J connectivity index is 0.00000150. The Labute approximate surface area is 187 Å². The molecule has 0 bridgehead atoms. The van der Waals surface area contributed by atoms with Crippen molar-refractivity contribution in [1.82, 2.24) is 9.80 Å². The third-order valence-electron chi connectivity index (χ3n) is 5.26. The number of methoxy groups -OCH3 is 1. The van der Waals surface area contributed by atoms with Crippen LogP contribution in [0.2, 0.25) is 0 Å². The van der Waals surface area contributed by atoms with E-state index < -0.39 is 0 Å². The summed E-state index contributed by atoms with van der Waals surface area (Å²) in [6.45, 7) is 5.65. The van der Waals surface area contributed by atoms with Gasteiger partial charge in [-0.3, -0.25) is 4.90 Å². The number of piperazine rings is 1. The van der Waals surface area contributed by atoms with Crippen LogP contribution in [0.3, 0.4) is 0 Å². The van der Waals surface area contributed by atoms with Crippen LogP contribution in [0.1, 0.15) is 16.9 Å². The van der Waals surface area contributed by atoms with Gasteiger partial charge in [-0.05, 0) is 44.7 Å². The Bertz CT molecular complexity index is 876. The molecule has 5 nitrogen and oxygen atoms in total. The van der Waals surface area contributed by atoms with Gasteiger partial charge in [-0.1, -0.05) is 0 Å². The minimum absolute atomic E-state index is 0. The van der Waals surface area contributed by atoms with Gasteiger partial charge in [0.25, 0.3) is 0 Å². The number of benzene rings is 1. The van der Waals surface area contributed by atoms with Gasteiger partial charge in [0.15, 0.2) is 0 Å². The van der Waals surface area contributed by atoms with Crippen molar-refractivity contribution >= 4 is 58.4 Å². The minimum atomic E-state index is -0.256. The number of nitrogens with zero attached hydrogens (tertiary/aromatic N) is 3. The molecule has 1 fully saturated rings. The van der Waals surface area contributed by atoms with Crippen molar-refractivity contribution in [3.8, 4) is 0 Å². The van der Waals surface area contributed by atoms with Gasteiger partial charge in [0, 0.05) is 44.3 Å². The second kappa shape index (κ2) is 10.1. The smallest absolute Gasteiger partial charge is 0.139 e. The number of halogens is 3. The Hall–Kier alpha value is -1.38. The lowest BCUT2D eigenvalue weighted by Gasteiger charge is -2.40. The molecule has 1 saturated heterocycles. The third kappa shape index (κ3) is 5.03. The van der Waals surface area contributed by atoms with E-state index in [1.807, 2.05) is 0 Å². The highest BCUT2D eigenvalue weighted by Gasteiger charge is 2.30. The van der Waals surface area contributed by atoms with Gasteiger partial charge in [-0.25, -0.2) is 9.38 Å². The molecule has 1 aromatic carbocycles. The molecule has 9 heteroatoms. The summed E-state index contributed by atoms with van der Waals surface area (Å²) in [4.78, 5) is 10.9. The molecule has 1 N–H and O–H groups in total. The molecule has 1 aromatic heterocycles. The maximum Gasteiger partial charge on any atom is 0.139 e. The highest BCUT2D eigenvalue weighted by molar-refractivity contribution is 7.16. The Morgan fingerprint density at radius 1 is 1.28 bits per heavy atom. The fourth-order valence-electron chi connectivity index (χ4n) is 3.72. The first-order valence-electron chi connectivity index (χ1n) is 9.25. The molecule has 3 heterocycles. The van der Waals surface area contributed by atoms with Crippen LogP contribution in [0.4, 0.5) is 20.8 Å². The lowest BCUT2D eigenvalue weighted by molar-refractivity contribution is 0.100. The van der Waals surface area contributed by atoms with Gasteiger partial charge in [0.2, 0.25) is 0 Å². The zero-order valence-corrected chi connectivity index (χ0v) is 19.2. The van der Waals surface area contributed by atoms with Crippen LogP contribution in [0.5, 0.6) is 0 Å². The molecule has 0 radical (unpaired) electrons. The Kier molecular flexibility index (Phi) is 8.31. The van der Waals surface area contributed by atoms with E-state index in [-0.39, 0.29) is 30.6 Å². The molecule has 0 aliphatic carbocycles. The summed E-state index contributed by atoms with van der Waals surface area (Å²) in [5.41, 5.74) is 2.60. The monoisotopic (exact) mass is 460 g/mol. The molecule has 2 aliphatic heterocycles.